The number of thiocarbonyl (C=S) groups is 1. The number of aromatic nitrogens is 3. The Morgan fingerprint density at radius 3 is 2.55 bits per heavy atom. The lowest BCUT2D eigenvalue weighted by Gasteiger charge is -2.29. The second-order valence-corrected chi connectivity index (χ2v) is 8.48. The van der Waals surface area contributed by atoms with E-state index in [2.05, 4.69) is 30.9 Å². The molecule has 1 unspecified atom stereocenters. The van der Waals surface area contributed by atoms with Gasteiger partial charge in [-0.25, -0.2) is 14.5 Å². The Bertz CT molecular complexity index is 1010. The average Bonchev–Trinajstić information content (AvgIpc) is 3.13. The summed E-state index contributed by atoms with van der Waals surface area (Å²) in [6, 6.07) is 15.1. The lowest BCUT2D eigenvalue weighted by Crippen LogP contribution is -2.23. The van der Waals surface area contributed by atoms with E-state index in [9.17, 15) is 9.90 Å². The first-order valence-corrected chi connectivity index (χ1v) is 10.0. The number of carbonyl (C=O) groups is 1. The van der Waals surface area contributed by atoms with Crippen molar-refractivity contribution in [3.63, 3.8) is 0 Å². The van der Waals surface area contributed by atoms with Crippen LogP contribution in [0.3, 0.4) is 0 Å². The quantitative estimate of drug-likeness (QED) is 0.545. The fourth-order valence-corrected chi connectivity index (χ4v) is 3.71. The third-order valence-electron chi connectivity index (χ3n) is 5.07. The number of hydrogen-bond acceptors (Lipinski definition) is 4. The summed E-state index contributed by atoms with van der Waals surface area (Å²) < 4.78 is 1.85. The Labute approximate surface area is 176 Å². The van der Waals surface area contributed by atoms with E-state index < -0.39 is 5.97 Å². The topological polar surface area (TPSA) is 68.0 Å². The molecular formula is C23H25N3O2S. The third-order valence-corrected chi connectivity index (χ3v) is 5.26. The molecule has 0 bridgehead atoms. The van der Waals surface area contributed by atoms with Crippen LogP contribution in [0.25, 0.3) is 11.1 Å². The summed E-state index contributed by atoms with van der Waals surface area (Å²) in [5.74, 6) is 0.0467. The molecular weight excluding hydrogens is 382 g/mol. The highest BCUT2D eigenvalue weighted by Crippen LogP contribution is 2.36. The maximum absolute atomic E-state index is 11.9. The molecule has 1 atom stereocenters. The Kier molecular flexibility index (Phi) is 6.23. The molecule has 0 aliphatic heterocycles. The maximum Gasteiger partial charge on any atom is 0.336 e. The molecule has 0 fully saturated rings. The summed E-state index contributed by atoms with van der Waals surface area (Å²) in [5.41, 5.74) is 2.70. The second kappa shape index (κ2) is 8.66. The van der Waals surface area contributed by atoms with Gasteiger partial charge in [0.15, 0.2) is 0 Å². The molecule has 5 nitrogen and oxygen atoms in total. The number of rotatable bonds is 7. The van der Waals surface area contributed by atoms with Gasteiger partial charge in [0.05, 0.1) is 12.1 Å². The number of benzene rings is 2. The van der Waals surface area contributed by atoms with Crippen LogP contribution in [0.4, 0.5) is 0 Å². The van der Waals surface area contributed by atoms with Gasteiger partial charge in [0.1, 0.15) is 12.2 Å². The van der Waals surface area contributed by atoms with E-state index in [-0.39, 0.29) is 16.9 Å². The zero-order valence-electron chi connectivity index (χ0n) is 16.9. The van der Waals surface area contributed by atoms with Crippen LogP contribution < -0.4 is 0 Å². The van der Waals surface area contributed by atoms with Crippen molar-refractivity contribution < 1.29 is 9.90 Å². The fourth-order valence-electron chi connectivity index (χ4n) is 3.52. The molecule has 0 spiro atoms. The van der Waals surface area contributed by atoms with Gasteiger partial charge in [0.25, 0.3) is 0 Å². The smallest absolute Gasteiger partial charge is 0.336 e. The average molecular weight is 408 g/mol. The summed E-state index contributed by atoms with van der Waals surface area (Å²) in [6.07, 6.45) is 2.28. The molecule has 3 rings (SSSR count). The van der Waals surface area contributed by atoms with Gasteiger partial charge in [0.2, 0.25) is 0 Å². The van der Waals surface area contributed by atoms with Crippen molar-refractivity contribution in [2.75, 3.05) is 0 Å². The minimum Gasteiger partial charge on any atom is -0.478 e. The first-order chi connectivity index (χ1) is 13.8. The van der Waals surface area contributed by atoms with E-state index in [1.807, 2.05) is 47.1 Å². The van der Waals surface area contributed by atoms with Crippen LogP contribution >= 0.6 is 12.2 Å². The first-order valence-electron chi connectivity index (χ1n) is 9.54. The number of aromatic carboxylic acids is 1. The lowest BCUT2D eigenvalue weighted by atomic mass is 9.78. The minimum absolute atomic E-state index is 0.0243. The molecule has 3 aromatic rings. The van der Waals surface area contributed by atoms with Crippen molar-refractivity contribution in [3.05, 3.63) is 71.8 Å². The third kappa shape index (κ3) is 4.77. The predicted octanol–water partition coefficient (Wildman–Crippen LogP) is 5.21. The van der Waals surface area contributed by atoms with Gasteiger partial charge >= 0.3 is 5.97 Å². The first kappa shape index (κ1) is 20.9. The Morgan fingerprint density at radius 1 is 1.21 bits per heavy atom. The van der Waals surface area contributed by atoms with Crippen molar-refractivity contribution >= 4 is 23.6 Å². The summed E-state index contributed by atoms with van der Waals surface area (Å²) in [5, 5.41) is 15.9. The van der Waals surface area contributed by atoms with Crippen LogP contribution in [0, 0.1) is 5.41 Å². The molecule has 6 heteroatoms. The summed E-state index contributed by atoms with van der Waals surface area (Å²) >= 11 is 5.10. The standard InChI is InChI=1S/C23H25N3O2S/c1-23(2,3)20(11-12-29)21-24-15-25-26(21)14-16-9-10-18(19(13-16)22(27)28)17-7-5-4-6-8-17/h4-10,12-13,15,20H,11,14H2,1-3H3,(H,27,28). The van der Waals surface area contributed by atoms with Gasteiger partial charge in [-0.1, -0.05) is 75.5 Å². The molecule has 29 heavy (non-hydrogen) atoms. The van der Waals surface area contributed by atoms with E-state index in [1.165, 1.54) is 0 Å². The van der Waals surface area contributed by atoms with Gasteiger partial charge < -0.3 is 5.11 Å². The van der Waals surface area contributed by atoms with Crippen LogP contribution in [0.1, 0.15) is 54.9 Å². The van der Waals surface area contributed by atoms with E-state index in [0.29, 0.717) is 12.1 Å². The van der Waals surface area contributed by atoms with Crippen LogP contribution in [-0.4, -0.2) is 31.2 Å². The Morgan fingerprint density at radius 2 is 1.93 bits per heavy atom. The van der Waals surface area contributed by atoms with Crippen molar-refractivity contribution in [2.24, 2.45) is 5.41 Å². The van der Waals surface area contributed by atoms with Gasteiger partial charge in [0, 0.05) is 5.92 Å². The van der Waals surface area contributed by atoms with Gasteiger partial charge in [-0.2, -0.15) is 5.10 Å². The largest absolute Gasteiger partial charge is 0.478 e. The molecule has 1 heterocycles. The molecule has 150 valence electrons. The highest BCUT2D eigenvalue weighted by atomic mass is 32.1. The van der Waals surface area contributed by atoms with E-state index >= 15 is 0 Å². The molecule has 0 amide bonds. The molecule has 0 saturated heterocycles. The Hall–Kier alpha value is -2.86. The van der Waals surface area contributed by atoms with Gasteiger partial charge in [-0.3, -0.25) is 0 Å². The van der Waals surface area contributed by atoms with Crippen LogP contribution in [0.5, 0.6) is 0 Å². The Balaban J connectivity index is 1.96. The minimum atomic E-state index is -0.946. The van der Waals surface area contributed by atoms with Crippen molar-refractivity contribution in [3.8, 4) is 11.1 Å². The van der Waals surface area contributed by atoms with Crippen molar-refractivity contribution in [2.45, 2.75) is 39.7 Å². The van der Waals surface area contributed by atoms with Gasteiger partial charge in [-0.15, -0.1) is 0 Å². The molecule has 1 N–H and O–H groups in total. The van der Waals surface area contributed by atoms with Crippen molar-refractivity contribution in [1.29, 1.82) is 0 Å². The lowest BCUT2D eigenvalue weighted by molar-refractivity contribution is 0.0697. The zero-order valence-corrected chi connectivity index (χ0v) is 17.7. The van der Waals surface area contributed by atoms with E-state index in [0.717, 1.165) is 23.4 Å². The summed E-state index contributed by atoms with van der Waals surface area (Å²) in [6.45, 7) is 6.93. The number of hydrogen-bond donors (Lipinski definition) is 1. The zero-order chi connectivity index (χ0) is 21.0. The summed E-state index contributed by atoms with van der Waals surface area (Å²) in [7, 11) is 0. The molecule has 2 aromatic carbocycles. The highest BCUT2D eigenvalue weighted by molar-refractivity contribution is 7.78. The molecule has 0 radical (unpaired) electrons. The fraction of sp³-hybridized carbons (Fsp3) is 0.304. The predicted molar refractivity (Wildman–Crippen MR) is 118 cm³/mol. The highest BCUT2D eigenvalue weighted by Gasteiger charge is 2.29. The number of nitrogens with zero attached hydrogens (tertiary/aromatic N) is 3. The van der Waals surface area contributed by atoms with Crippen LogP contribution in [0.15, 0.2) is 54.9 Å². The van der Waals surface area contributed by atoms with E-state index in [4.69, 9.17) is 12.2 Å². The SMILES string of the molecule is CC(C)(C)C(CC=S)c1ncnn1Cc1ccc(-c2ccccc2)c(C(=O)O)c1. The molecule has 0 aliphatic carbocycles. The molecule has 0 aliphatic rings. The van der Waals surface area contributed by atoms with Crippen molar-refractivity contribution in [1.82, 2.24) is 14.8 Å². The molecule has 1 aromatic heterocycles. The van der Waals surface area contributed by atoms with Crippen LogP contribution in [-0.2, 0) is 6.54 Å². The summed E-state index contributed by atoms with van der Waals surface area (Å²) in [4.78, 5) is 16.4. The second-order valence-electron chi connectivity index (χ2n) is 8.15. The maximum atomic E-state index is 11.9. The number of carboxylic acid groups (broad SMARTS) is 1. The normalized spacial score (nSPS) is 12.5. The molecule has 0 saturated carbocycles. The number of carboxylic acids is 1. The monoisotopic (exact) mass is 407 g/mol. The van der Waals surface area contributed by atoms with Gasteiger partial charge in [-0.05, 0) is 40.0 Å². The van der Waals surface area contributed by atoms with E-state index in [1.54, 1.807) is 17.8 Å². The van der Waals surface area contributed by atoms with Crippen LogP contribution in [0.2, 0.25) is 0 Å².